The summed E-state index contributed by atoms with van der Waals surface area (Å²) in [4.78, 5) is 4.27. The van der Waals surface area contributed by atoms with E-state index in [0.717, 1.165) is 23.5 Å². The number of rotatable bonds is 5. The Morgan fingerprint density at radius 1 is 1.10 bits per heavy atom. The fraction of sp³-hybridized carbons (Fsp3) is 0.294. The van der Waals surface area contributed by atoms with Crippen LogP contribution in [0.25, 0.3) is 0 Å². The molecule has 2 aromatic rings. The minimum atomic E-state index is 0.549. The van der Waals surface area contributed by atoms with Crippen LogP contribution in [-0.4, -0.2) is 10.1 Å². The van der Waals surface area contributed by atoms with Gasteiger partial charge < -0.3 is 10.6 Å². The maximum atomic E-state index is 5.29. The lowest BCUT2D eigenvalue weighted by atomic mass is 10.1. The molecular weight excluding hydrogens is 278 g/mol. The van der Waals surface area contributed by atoms with Crippen molar-refractivity contribution in [1.82, 2.24) is 4.98 Å². The minimum absolute atomic E-state index is 0.549. The zero-order valence-electron chi connectivity index (χ0n) is 12.5. The number of anilines is 2. The molecule has 0 saturated carbocycles. The molecule has 2 N–H and O–H groups in total. The molecule has 0 atom stereocenters. The van der Waals surface area contributed by atoms with E-state index in [9.17, 15) is 0 Å². The van der Waals surface area contributed by atoms with E-state index in [2.05, 4.69) is 46.8 Å². The number of nitrogens with one attached hydrogen (secondary N) is 2. The van der Waals surface area contributed by atoms with E-state index < -0.39 is 0 Å². The number of thiocarbonyl (C=S) groups is 1. The zero-order valence-corrected chi connectivity index (χ0v) is 13.3. The molecule has 1 aromatic heterocycles. The first-order valence-corrected chi connectivity index (χ1v) is 7.68. The quantitative estimate of drug-likeness (QED) is 0.795. The van der Waals surface area contributed by atoms with Crippen molar-refractivity contribution < 1.29 is 0 Å². The van der Waals surface area contributed by atoms with Crippen LogP contribution in [0.3, 0.4) is 0 Å². The van der Waals surface area contributed by atoms with Crippen LogP contribution >= 0.6 is 12.2 Å². The number of aryl methyl sites for hydroxylation is 2. The summed E-state index contributed by atoms with van der Waals surface area (Å²) in [7, 11) is 0. The fourth-order valence-corrected chi connectivity index (χ4v) is 2.18. The number of benzene rings is 1. The maximum absolute atomic E-state index is 5.29. The van der Waals surface area contributed by atoms with Gasteiger partial charge in [0, 0.05) is 11.9 Å². The van der Waals surface area contributed by atoms with Crippen LogP contribution in [0.15, 0.2) is 42.6 Å². The summed E-state index contributed by atoms with van der Waals surface area (Å²) in [5, 5.41) is 6.79. The Kier molecular flexibility index (Phi) is 5.69. The Balaban J connectivity index is 1.88. The van der Waals surface area contributed by atoms with Gasteiger partial charge in [0.25, 0.3) is 0 Å². The third kappa shape index (κ3) is 5.16. The Morgan fingerprint density at radius 2 is 1.86 bits per heavy atom. The molecule has 0 bridgehead atoms. The number of aromatic nitrogens is 1. The van der Waals surface area contributed by atoms with Crippen molar-refractivity contribution in [3.8, 4) is 0 Å². The Labute approximate surface area is 131 Å². The molecule has 0 amide bonds. The molecule has 110 valence electrons. The van der Waals surface area contributed by atoms with Gasteiger partial charge in [-0.15, -0.1) is 0 Å². The largest absolute Gasteiger partial charge is 0.332 e. The molecule has 0 aliphatic carbocycles. The highest BCUT2D eigenvalue weighted by molar-refractivity contribution is 7.80. The molecule has 1 heterocycles. The summed E-state index contributed by atoms with van der Waals surface area (Å²) < 4.78 is 0. The Bertz CT molecular complexity index is 576. The molecule has 0 radical (unpaired) electrons. The lowest BCUT2D eigenvalue weighted by Crippen LogP contribution is -2.19. The number of nitrogens with zero attached hydrogens (tertiary/aromatic N) is 1. The molecule has 1 aromatic carbocycles. The predicted octanol–water partition coefficient (Wildman–Crippen LogP) is 4.54. The number of hydrogen-bond donors (Lipinski definition) is 2. The standard InChI is InChI=1S/C17H21N3S/c1-3-4-5-14-7-9-15(10-8-14)19-17(21)20-16-11-6-13(2)12-18-16/h6-12H,3-5H2,1-2H3,(H2,18,19,20,21). The molecule has 0 aliphatic heterocycles. The van der Waals surface area contributed by atoms with Gasteiger partial charge >= 0.3 is 0 Å². The fourth-order valence-electron chi connectivity index (χ4n) is 1.96. The summed E-state index contributed by atoms with van der Waals surface area (Å²) in [6.45, 7) is 4.21. The third-order valence-corrected chi connectivity index (χ3v) is 3.39. The highest BCUT2D eigenvalue weighted by atomic mass is 32.1. The molecule has 21 heavy (non-hydrogen) atoms. The Morgan fingerprint density at radius 3 is 2.48 bits per heavy atom. The molecule has 0 spiro atoms. The lowest BCUT2D eigenvalue weighted by molar-refractivity contribution is 0.795. The normalized spacial score (nSPS) is 10.2. The molecule has 4 heteroatoms. The van der Waals surface area contributed by atoms with Crippen LogP contribution in [0, 0.1) is 6.92 Å². The van der Waals surface area contributed by atoms with Crippen LogP contribution in [0.1, 0.15) is 30.9 Å². The maximum Gasteiger partial charge on any atom is 0.176 e. The smallest absolute Gasteiger partial charge is 0.176 e. The second-order valence-electron chi connectivity index (χ2n) is 5.10. The topological polar surface area (TPSA) is 37.0 Å². The van der Waals surface area contributed by atoms with Crippen molar-refractivity contribution in [2.75, 3.05) is 10.6 Å². The average Bonchev–Trinajstić information content (AvgIpc) is 2.49. The molecule has 2 rings (SSSR count). The van der Waals surface area contributed by atoms with E-state index in [-0.39, 0.29) is 0 Å². The van der Waals surface area contributed by atoms with Gasteiger partial charge in [-0.3, -0.25) is 0 Å². The van der Waals surface area contributed by atoms with Crippen molar-refractivity contribution in [3.05, 3.63) is 53.7 Å². The van der Waals surface area contributed by atoms with E-state index in [4.69, 9.17) is 12.2 Å². The second-order valence-corrected chi connectivity index (χ2v) is 5.51. The van der Waals surface area contributed by atoms with Crippen molar-refractivity contribution in [3.63, 3.8) is 0 Å². The first-order chi connectivity index (χ1) is 10.2. The third-order valence-electron chi connectivity index (χ3n) is 3.18. The summed E-state index contributed by atoms with van der Waals surface area (Å²) in [6.07, 6.45) is 5.39. The summed E-state index contributed by atoms with van der Waals surface area (Å²) >= 11 is 5.29. The van der Waals surface area contributed by atoms with Gasteiger partial charge in [-0.1, -0.05) is 31.5 Å². The zero-order chi connectivity index (χ0) is 15.1. The van der Waals surface area contributed by atoms with Crippen molar-refractivity contribution >= 4 is 28.8 Å². The van der Waals surface area contributed by atoms with Gasteiger partial charge in [-0.25, -0.2) is 4.98 Å². The number of unbranched alkanes of at least 4 members (excludes halogenated alkanes) is 1. The minimum Gasteiger partial charge on any atom is -0.332 e. The first kappa shape index (κ1) is 15.4. The van der Waals surface area contributed by atoms with Crippen LogP contribution < -0.4 is 10.6 Å². The Hall–Kier alpha value is -1.94. The summed E-state index contributed by atoms with van der Waals surface area (Å²) in [5.74, 6) is 0.748. The van der Waals surface area contributed by atoms with Gasteiger partial charge in [-0.05, 0) is 61.3 Å². The monoisotopic (exact) mass is 299 g/mol. The highest BCUT2D eigenvalue weighted by Gasteiger charge is 2.00. The predicted molar refractivity (Wildman–Crippen MR) is 93.9 cm³/mol. The van der Waals surface area contributed by atoms with Crippen LogP contribution in [0.4, 0.5) is 11.5 Å². The molecule has 0 fully saturated rings. The molecule has 0 unspecified atom stereocenters. The molecular formula is C17H21N3S. The van der Waals surface area contributed by atoms with Gasteiger partial charge in [0.05, 0.1) is 0 Å². The van der Waals surface area contributed by atoms with Crippen molar-refractivity contribution in [2.24, 2.45) is 0 Å². The van der Waals surface area contributed by atoms with E-state index in [1.165, 1.54) is 18.4 Å². The highest BCUT2D eigenvalue weighted by Crippen LogP contribution is 2.12. The average molecular weight is 299 g/mol. The summed E-state index contributed by atoms with van der Waals surface area (Å²) in [5.41, 5.74) is 3.48. The van der Waals surface area contributed by atoms with Crippen LogP contribution in [-0.2, 0) is 6.42 Å². The SMILES string of the molecule is CCCCc1ccc(NC(=S)Nc2ccc(C)cn2)cc1. The molecule has 3 nitrogen and oxygen atoms in total. The number of pyridine rings is 1. The van der Waals surface area contributed by atoms with E-state index >= 15 is 0 Å². The van der Waals surface area contributed by atoms with E-state index in [1.54, 1.807) is 0 Å². The van der Waals surface area contributed by atoms with Gasteiger partial charge in [0.1, 0.15) is 5.82 Å². The van der Waals surface area contributed by atoms with E-state index in [1.807, 2.05) is 25.3 Å². The van der Waals surface area contributed by atoms with Gasteiger partial charge in [0.15, 0.2) is 5.11 Å². The molecule has 0 aliphatic rings. The lowest BCUT2D eigenvalue weighted by Gasteiger charge is -2.10. The number of hydrogen-bond acceptors (Lipinski definition) is 2. The van der Waals surface area contributed by atoms with E-state index in [0.29, 0.717) is 5.11 Å². The van der Waals surface area contributed by atoms with Gasteiger partial charge in [0.2, 0.25) is 0 Å². The summed E-state index contributed by atoms with van der Waals surface area (Å²) in [6, 6.07) is 12.3. The van der Waals surface area contributed by atoms with Crippen LogP contribution in [0.2, 0.25) is 0 Å². The van der Waals surface area contributed by atoms with Crippen molar-refractivity contribution in [2.45, 2.75) is 33.1 Å². The second kappa shape index (κ2) is 7.74. The van der Waals surface area contributed by atoms with Crippen molar-refractivity contribution in [1.29, 1.82) is 0 Å². The molecule has 0 saturated heterocycles. The first-order valence-electron chi connectivity index (χ1n) is 7.27. The van der Waals surface area contributed by atoms with Gasteiger partial charge in [-0.2, -0.15) is 0 Å². The van der Waals surface area contributed by atoms with Crippen LogP contribution in [0.5, 0.6) is 0 Å².